The number of nitro groups is 1. The molecule has 0 heterocycles. The summed E-state index contributed by atoms with van der Waals surface area (Å²) in [4.78, 5) is 21.7. The lowest BCUT2D eigenvalue weighted by atomic mass is 10.0. The first kappa shape index (κ1) is 15.1. The second kappa shape index (κ2) is 6.81. The van der Waals surface area contributed by atoms with E-state index in [0.717, 1.165) is 0 Å². The number of rotatable bonds is 4. The van der Waals surface area contributed by atoms with E-state index in [1.807, 2.05) is 0 Å². The molecule has 1 amide bonds. The zero-order valence-electron chi connectivity index (χ0n) is 10.2. The van der Waals surface area contributed by atoms with Gasteiger partial charge in [0.25, 0.3) is 0 Å². The summed E-state index contributed by atoms with van der Waals surface area (Å²) in [5.41, 5.74) is 3.40. The SMILES string of the molecule is CCOC(=O)NC(=S)NNC1([N+](=O)[O-])C=CC=CC1. The topological polar surface area (TPSA) is 106 Å². The third-order valence-electron chi connectivity index (χ3n) is 2.26. The van der Waals surface area contributed by atoms with Crippen molar-refractivity contribution in [1.82, 2.24) is 16.2 Å². The molecule has 0 saturated carbocycles. The molecule has 3 N–H and O–H groups in total. The van der Waals surface area contributed by atoms with Crippen molar-refractivity contribution in [2.75, 3.05) is 6.61 Å². The molecule has 8 nitrogen and oxygen atoms in total. The minimum atomic E-state index is -1.49. The number of hydrazine groups is 1. The molecule has 1 aliphatic rings. The fourth-order valence-electron chi connectivity index (χ4n) is 1.34. The molecule has 0 aromatic carbocycles. The van der Waals surface area contributed by atoms with Crippen LogP contribution in [0.3, 0.4) is 0 Å². The van der Waals surface area contributed by atoms with Gasteiger partial charge in [0, 0.05) is 11.0 Å². The zero-order chi connectivity index (χ0) is 14.3. The van der Waals surface area contributed by atoms with Crippen LogP contribution < -0.4 is 16.2 Å². The summed E-state index contributed by atoms with van der Waals surface area (Å²) in [6, 6.07) is 0. The van der Waals surface area contributed by atoms with Crippen molar-refractivity contribution >= 4 is 23.4 Å². The van der Waals surface area contributed by atoms with Crippen LogP contribution in [-0.4, -0.2) is 28.4 Å². The minimum Gasteiger partial charge on any atom is -0.450 e. The molecule has 0 fully saturated rings. The summed E-state index contributed by atoms with van der Waals surface area (Å²) < 4.78 is 4.61. The molecule has 0 bridgehead atoms. The Bertz CT molecular complexity index is 437. The van der Waals surface area contributed by atoms with Gasteiger partial charge in [-0.15, -0.1) is 0 Å². The summed E-state index contributed by atoms with van der Waals surface area (Å²) in [6.45, 7) is 1.85. The number of nitrogens with zero attached hydrogens (tertiary/aromatic N) is 1. The highest BCUT2D eigenvalue weighted by Crippen LogP contribution is 2.17. The number of carbonyl (C=O) groups excluding carboxylic acids is 1. The van der Waals surface area contributed by atoms with Gasteiger partial charge in [0.1, 0.15) is 0 Å². The van der Waals surface area contributed by atoms with Crippen molar-refractivity contribution in [3.05, 3.63) is 34.4 Å². The summed E-state index contributed by atoms with van der Waals surface area (Å²) >= 11 is 4.80. The number of amides is 1. The standard InChI is InChI=1S/C10H14N4O4S/c1-2-18-9(15)11-8(19)12-13-10(14(16)17)6-4-3-5-7-10/h3-6,13H,2,7H2,1H3,(H2,11,12,15,19). The Kier molecular flexibility index (Phi) is 5.39. The van der Waals surface area contributed by atoms with E-state index in [4.69, 9.17) is 12.2 Å². The lowest BCUT2D eigenvalue weighted by Gasteiger charge is -2.24. The maximum atomic E-state index is 11.1. The maximum Gasteiger partial charge on any atom is 0.413 e. The summed E-state index contributed by atoms with van der Waals surface area (Å²) in [6.07, 6.45) is 5.75. The molecule has 9 heteroatoms. The first-order valence-electron chi connectivity index (χ1n) is 5.50. The van der Waals surface area contributed by atoms with Crippen LogP contribution in [0.15, 0.2) is 24.3 Å². The van der Waals surface area contributed by atoms with Crippen molar-refractivity contribution in [2.24, 2.45) is 0 Å². The Hall–Kier alpha value is -2.00. The fraction of sp³-hybridized carbons (Fsp3) is 0.400. The Labute approximate surface area is 115 Å². The molecule has 0 radical (unpaired) electrons. The van der Waals surface area contributed by atoms with Crippen molar-refractivity contribution in [2.45, 2.75) is 19.0 Å². The predicted octanol–water partition coefficient (Wildman–Crippen LogP) is 0.601. The van der Waals surface area contributed by atoms with Crippen LogP contribution in [0, 0.1) is 10.1 Å². The number of alkyl carbamates (subject to hydrolysis) is 1. The van der Waals surface area contributed by atoms with Gasteiger partial charge in [0.2, 0.25) is 0 Å². The van der Waals surface area contributed by atoms with Crippen LogP contribution in [0.2, 0.25) is 0 Å². The van der Waals surface area contributed by atoms with E-state index in [1.165, 1.54) is 6.08 Å². The van der Waals surface area contributed by atoms with Crippen molar-refractivity contribution < 1.29 is 14.5 Å². The van der Waals surface area contributed by atoms with Crippen LogP contribution in [0.1, 0.15) is 13.3 Å². The second-order valence-corrected chi connectivity index (χ2v) is 4.01. The predicted molar refractivity (Wildman–Crippen MR) is 71.6 cm³/mol. The van der Waals surface area contributed by atoms with E-state index in [2.05, 4.69) is 20.9 Å². The number of hydrogen-bond donors (Lipinski definition) is 3. The first-order valence-corrected chi connectivity index (χ1v) is 5.91. The molecule has 104 valence electrons. The fourth-order valence-corrected chi connectivity index (χ4v) is 1.47. The molecule has 1 unspecified atom stereocenters. The van der Waals surface area contributed by atoms with Crippen molar-refractivity contribution in [3.8, 4) is 0 Å². The quantitative estimate of drug-likeness (QED) is 0.301. The monoisotopic (exact) mass is 286 g/mol. The van der Waals surface area contributed by atoms with Crippen molar-refractivity contribution in [3.63, 3.8) is 0 Å². The smallest absolute Gasteiger partial charge is 0.413 e. The van der Waals surface area contributed by atoms with Crippen LogP contribution in [0.5, 0.6) is 0 Å². The van der Waals surface area contributed by atoms with Gasteiger partial charge in [0.05, 0.1) is 13.0 Å². The number of carbonyl (C=O) groups is 1. The molecule has 1 atom stereocenters. The van der Waals surface area contributed by atoms with Gasteiger partial charge in [0.15, 0.2) is 5.11 Å². The summed E-state index contributed by atoms with van der Waals surface area (Å²) in [5.74, 6) is 0. The van der Waals surface area contributed by atoms with Gasteiger partial charge >= 0.3 is 11.8 Å². The molecule has 0 aromatic heterocycles. The Balaban J connectivity index is 2.52. The first-order chi connectivity index (χ1) is 9.00. The number of allylic oxidation sites excluding steroid dienone is 2. The van der Waals surface area contributed by atoms with E-state index >= 15 is 0 Å². The van der Waals surface area contributed by atoms with E-state index in [0.29, 0.717) is 0 Å². The number of hydrogen-bond acceptors (Lipinski definition) is 6. The van der Waals surface area contributed by atoms with Gasteiger partial charge in [-0.05, 0) is 19.1 Å². The third kappa shape index (κ3) is 4.30. The Morgan fingerprint density at radius 1 is 1.58 bits per heavy atom. The molecule has 0 aromatic rings. The average molecular weight is 286 g/mol. The Morgan fingerprint density at radius 3 is 2.84 bits per heavy atom. The highest BCUT2D eigenvalue weighted by Gasteiger charge is 2.39. The molecule has 0 spiro atoms. The van der Waals surface area contributed by atoms with Crippen LogP contribution in [-0.2, 0) is 4.74 Å². The number of ether oxygens (including phenoxy) is 1. The lowest BCUT2D eigenvalue weighted by Crippen LogP contribution is -2.60. The maximum absolute atomic E-state index is 11.1. The molecule has 0 saturated heterocycles. The van der Waals surface area contributed by atoms with E-state index in [-0.39, 0.29) is 18.1 Å². The molecule has 1 aliphatic carbocycles. The van der Waals surface area contributed by atoms with Gasteiger partial charge in [-0.3, -0.25) is 20.9 Å². The second-order valence-electron chi connectivity index (χ2n) is 3.60. The van der Waals surface area contributed by atoms with Crippen molar-refractivity contribution in [1.29, 1.82) is 0 Å². The lowest BCUT2D eigenvalue weighted by molar-refractivity contribution is -0.563. The van der Waals surface area contributed by atoms with Crippen LogP contribution in [0.4, 0.5) is 4.79 Å². The molecular formula is C10H14N4O4S. The van der Waals surface area contributed by atoms with Crippen LogP contribution >= 0.6 is 12.2 Å². The third-order valence-corrected chi connectivity index (χ3v) is 2.46. The zero-order valence-corrected chi connectivity index (χ0v) is 11.0. The van der Waals surface area contributed by atoms with Gasteiger partial charge in [-0.25, -0.2) is 4.79 Å². The molecular weight excluding hydrogens is 272 g/mol. The van der Waals surface area contributed by atoms with Gasteiger partial charge in [-0.1, -0.05) is 18.2 Å². The molecule has 0 aliphatic heterocycles. The minimum absolute atomic E-state index is 0.109. The van der Waals surface area contributed by atoms with Gasteiger partial charge < -0.3 is 4.74 Å². The number of thiocarbonyl (C=S) groups is 1. The van der Waals surface area contributed by atoms with E-state index < -0.39 is 16.7 Å². The van der Waals surface area contributed by atoms with Gasteiger partial charge in [-0.2, -0.15) is 5.43 Å². The summed E-state index contributed by atoms with van der Waals surface area (Å²) in [7, 11) is 0. The summed E-state index contributed by atoms with van der Waals surface area (Å²) in [5, 5.41) is 13.2. The highest BCUT2D eigenvalue weighted by molar-refractivity contribution is 7.80. The Morgan fingerprint density at radius 2 is 2.32 bits per heavy atom. The molecule has 19 heavy (non-hydrogen) atoms. The highest BCUT2D eigenvalue weighted by atomic mass is 32.1. The molecule has 1 rings (SSSR count). The average Bonchev–Trinajstić information content (AvgIpc) is 2.37. The largest absolute Gasteiger partial charge is 0.450 e. The van der Waals surface area contributed by atoms with E-state index in [9.17, 15) is 14.9 Å². The van der Waals surface area contributed by atoms with Crippen LogP contribution in [0.25, 0.3) is 0 Å². The normalized spacial score (nSPS) is 20.7. The van der Waals surface area contributed by atoms with E-state index in [1.54, 1.807) is 25.2 Å². The number of nitrogens with one attached hydrogen (secondary N) is 3.